The van der Waals surface area contributed by atoms with Crippen molar-refractivity contribution >= 4 is 28.9 Å². The fraction of sp³-hybridized carbons (Fsp3) is 0.0385. The molecule has 0 atom stereocenters. The highest BCUT2D eigenvalue weighted by atomic mass is 16.5. The van der Waals surface area contributed by atoms with Gasteiger partial charge >= 0.3 is 5.97 Å². The van der Waals surface area contributed by atoms with Gasteiger partial charge in [-0.1, -0.05) is 42.5 Å². The van der Waals surface area contributed by atoms with Crippen molar-refractivity contribution in [2.45, 2.75) is 0 Å². The largest absolute Gasteiger partial charge is 0.497 e. The number of fused-ring (bicyclic) bond motifs is 1. The Hall–Kier alpha value is -4.45. The summed E-state index contributed by atoms with van der Waals surface area (Å²) in [6, 6.07) is 26.8. The Bertz CT molecular complexity index is 1300. The molecule has 0 radical (unpaired) electrons. The first-order valence-electron chi connectivity index (χ1n) is 9.91. The number of methoxy groups -OCH3 is 1. The van der Waals surface area contributed by atoms with E-state index >= 15 is 0 Å². The Morgan fingerprint density at radius 1 is 0.781 bits per heavy atom. The topological polar surface area (TPSA) is 77.0 Å². The van der Waals surface area contributed by atoms with Crippen LogP contribution in [-0.2, 0) is 0 Å². The lowest BCUT2D eigenvalue weighted by atomic mass is 10.1. The van der Waals surface area contributed by atoms with Crippen LogP contribution in [0.3, 0.4) is 0 Å². The van der Waals surface area contributed by atoms with Crippen LogP contribution in [0.25, 0.3) is 10.8 Å². The second kappa shape index (κ2) is 9.57. The molecule has 0 fully saturated rings. The third-order valence-electron chi connectivity index (χ3n) is 4.79. The van der Waals surface area contributed by atoms with Gasteiger partial charge < -0.3 is 9.47 Å². The van der Waals surface area contributed by atoms with Crippen molar-refractivity contribution in [1.82, 2.24) is 5.43 Å². The number of ether oxygens (including phenoxy) is 2. The fourth-order valence-corrected chi connectivity index (χ4v) is 3.11. The molecule has 0 spiro atoms. The molecule has 0 saturated carbocycles. The summed E-state index contributed by atoms with van der Waals surface area (Å²) in [5.41, 5.74) is 4.12. The van der Waals surface area contributed by atoms with Gasteiger partial charge in [0.15, 0.2) is 0 Å². The average Bonchev–Trinajstić information content (AvgIpc) is 2.84. The number of hydrazone groups is 1. The van der Waals surface area contributed by atoms with Crippen LogP contribution in [0.2, 0.25) is 0 Å². The smallest absolute Gasteiger partial charge is 0.343 e. The van der Waals surface area contributed by atoms with Gasteiger partial charge in [-0.3, -0.25) is 4.79 Å². The molecule has 0 aliphatic rings. The number of nitrogens with one attached hydrogen (secondary N) is 1. The molecular weight excluding hydrogens is 404 g/mol. The third kappa shape index (κ3) is 4.99. The van der Waals surface area contributed by atoms with Crippen molar-refractivity contribution in [1.29, 1.82) is 0 Å². The Labute approximate surface area is 185 Å². The summed E-state index contributed by atoms with van der Waals surface area (Å²) in [6.45, 7) is 0. The Balaban J connectivity index is 1.39. The van der Waals surface area contributed by atoms with E-state index in [1.54, 1.807) is 61.7 Å². The van der Waals surface area contributed by atoms with Gasteiger partial charge in [0.05, 0.1) is 18.9 Å². The lowest BCUT2D eigenvalue weighted by Crippen LogP contribution is -2.17. The zero-order valence-corrected chi connectivity index (χ0v) is 17.3. The average molecular weight is 424 g/mol. The van der Waals surface area contributed by atoms with Crippen molar-refractivity contribution in [2.24, 2.45) is 5.10 Å². The lowest BCUT2D eigenvalue weighted by molar-refractivity contribution is 0.0734. The maximum absolute atomic E-state index is 12.4. The highest BCUT2D eigenvalue weighted by Gasteiger charge is 2.09. The van der Waals surface area contributed by atoms with Crippen LogP contribution in [0.15, 0.2) is 96.1 Å². The second-order valence-electron chi connectivity index (χ2n) is 6.95. The fourth-order valence-electron chi connectivity index (χ4n) is 3.11. The number of carbonyl (C=O) groups is 2. The van der Waals surface area contributed by atoms with Gasteiger partial charge in [0.25, 0.3) is 5.91 Å². The zero-order valence-electron chi connectivity index (χ0n) is 17.3. The minimum atomic E-state index is -0.480. The molecule has 0 unspecified atom stereocenters. The Morgan fingerprint density at radius 2 is 1.53 bits per heavy atom. The number of amides is 1. The molecule has 4 aromatic carbocycles. The summed E-state index contributed by atoms with van der Waals surface area (Å²) >= 11 is 0. The first-order valence-corrected chi connectivity index (χ1v) is 9.91. The summed E-state index contributed by atoms with van der Waals surface area (Å²) in [6.07, 6.45) is 1.49. The molecule has 0 aliphatic heterocycles. The minimum absolute atomic E-state index is 0.311. The number of rotatable bonds is 6. The number of esters is 1. The summed E-state index contributed by atoms with van der Waals surface area (Å²) < 4.78 is 10.5. The van der Waals surface area contributed by atoms with E-state index in [1.165, 1.54) is 6.21 Å². The van der Waals surface area contributed by atoms with E-state index in [0.717, 1.165) is 10.8 Å². The third-order valence-corrected chi connectivity index (χ3v) is 4.79. The predicted octanol–water partition coefficient (Wildman–Crippen LogP) is 4.83. The maximum atomic E-state index is 12.4. The summed E-state index contributed by atoms with van der Waals surface area (Å²) in [4.78, 5) is 24.7. The van der Waals surface area contributed by atoms with E-state index in [2.05, 4.69) is 10.5 Å². The van der Waals surface area contributed by atoms with Crippen molar-refractivity contribution in [3.8, 4) is 11.5 Å². The molecule has 158 valence electrons. The van der Waals surface area contributed by atoms with E-state index in [9.17, 15) is 9.59 Å². The van der Waals surface area contributed by atoms with Crippen molar-refractivity contribution in [3.63, 3.8) is 0 Å². The Morgan fingerprint density at radius 3 is 2.31 bits per heavy atom. The zero-order chi connectivity index (χ0) is 22.3. The molecule has 6 nitrogen and oxygen atoms in total. The number of carbonyl (C=O) groups excluding carboxylic acids is 2. The quantitative estimate of drug-likeness (QED) is 0.208. The SMILES string of the molecule is COc1ccc(C(=O)Oc2cccc(/C=N\NC(=O)c3ccc4ccccc4c3)c2)cc1. The molecule has 4 aromatic rings. The molecule has 0 saturated heterocycles. The number of nitrogens with zero attached hydrogens (tertiary/aromatic N) is 1. The van der Waals surface area contributed by atoms with Gasteiger partial charge in [-0.05, 0) is 64.9 Å². The summed E-state index contributed by atoms with van der Waals surface area (Å²) in [5.74, 6) is 0.238. The first kappa shape index (κ1) is 20.8. The van der Waals surface area contributed by atoms with Crippen molar-refractivity contribution < 1.29 is 19.1 Å². The molecular formula is C26H20N2O4. The first-order chi connectivity index (χ1) is 15.6. The molecule has 1 N–H and O–H groups in total. The minimum Gasteiger partial charge on any atom is -0.497 e. The normalized spacial score (nSPS) is 10.8. The van der Waals surface area contributed by atoms with Crippen molar-refractivity contribution in [3.05, 3.63) is 108 Å². The predicted molar refractivity (Wildman–Crippen MR) is 123 cm³/mol. The van der Waals surface area contributed by atoms with Gasteiger partial charge in [-0.15, -0.1) is 0 Å². The van der Waals surface area contributed by atoms with Gasteiger partial charge in [-0.2, -0.15) is 5.10 Å². The van der Waals surface area contributed by atoms with E-state index in [0.29, 0.717) is 28.2 Å². The number of hydrogen-bond acceptors (Lipinski definition) is 5. The molecule has 0 aliphatic carbocycles. The summed E-state index contributed by atoms with van der Waals surface area (Å²) in [7, 11) is 1.56. The van der Waals surface area contributed by atoms with Gasteiger partial charge in [-0.25, -0.2) is 10.2 Å². The highest BCUT2D eigenvalue weighted by molar-refractivity contribution is 5.99. The van der Waals surface area contributed by atoms with E-state index in [1.807, 2.05) is 36.4 Å². The monoisotopic (exact) mass is 424 g/mol. The van der Waals surface area contributed by atoms with Crippen molar-refractivity contribution in [2.75, 3.05) is 7.11 Å². The van der Waals surface area contributed by atoms with Crippen LogP contribution >= 0.6 is 0 Å². The lowest BCUT2D eigenvalue weighted by Gasteiger charge is -2.06. The van der Waals surface area contributed by atoms with E-state index in [4.69, 9.17) is 9.47 Å². The molecule has 1 amide bonds. The molecule has 6 heteroatoms. The molecule has 0 heterocycles. The summed E-state index contributed by atoms with van der Waals surface area (Å²) in [5, 5.41) is 6.06. The van der Waals surface area contributed by atoms with Crippen LogP contribution in [0.1, 0.15) is 26.3 Å². The van der Waals surface area contributed by atoms with Crippen LogP contribution in [-0.4, -0.2) is 25.2 Å². The number of hydrogen-bond donors (Lipinski definition) is 1. The maximum Gasteiger partial charge on any atom is 0.343 e. The second-order valence-corrected chi connectivity index (χ2v) is 6.95. The van der Waals surface area contributed by atoms with Crippen LogP contribution in [0.5, 0.6) is 11.5 Å². The number of benzene rings is 4. The Kier molecular flexibility index (Phi) is 6.22. The van der Waals surface area contributed by atoms with Crippen LogP contribution in [0, 0.1) is 0 Å². The molecule has 0 bridgehead atoms. The molecule has 32 heavy (non-hydrogen) atoms. The van der Waals surface area contributed by atoms with Gasteiger partial charge in [0, 0.05) is 5.56 Å². The molecule has 0 aromatic heterocycles. The van der Waals surface area contributed by atoms with Crippen LogP contribution < -0.4 is 14.9 Å². The standard InChI is InChI=1S/C26H20N2O4/c1-31-23-13-11-20(12-14-23)26(30)32-24-8-4-5-18(15-24)17-27-28-25(29)22-10-9-19-6-2-3-7-21(19)16-22/h2-17H,1H3,(H,28,29)/b27-17-. The van der Waals surface area contributed by atoms with Gasteiger partial charge in [0.2, 0.25) is 0 Å². The van der Waals surface area contributed by atoms with Crippen LogP contribution in [0.4, 0.5) is 0 Å². The highest BCUT2D eigenvalue weighted by Crippen LogP contribution is 2.17. The van der Waals surface area contributed by atoms with E-state index in [-0.39, 0.29) is 5.91 Å². The van der Waals surface area contributed by atoms with E-state index < -0.39 is 5.97 Å². The molecule has 4 rings (SSSR count). The van der Waals surface area contributed by atoms with Gasteiger partial charge in [0.1, 0.15) is 11.5 Å².